The molecule has 0 aliphatic heterocycles. The van der Waals surface area contributed by atoms with Crippen molar-refractivity contribution in [1.82, 2.24) is 4.98 Å². The van der Waals surface area contributed by atoms with Crippen LogP contribution >= 0.6 is 11.3 Å². The summed E-state index contributed by atoms with van der Waals surface area (Å²) in [6, 6.07) is 5.61. The lowest BCUT2D eigenvalue weighted by Crippen LogP contribution is -2.02. The van der Waals surface area contributed by atoms with Gasteiger partial charge in [-0.3, -0.25) is 4.98 Å². The summed E-state index contributed by atoms with van der Waals surface area (Å²) in [7, 11) is 1.36. The van der Waals surface area contributed by atoms with Crippen LogP contribution < -0.4 is 4.74 Å². The Morgan fingerprint density at radius 2 is 2.33 bits per heavy atom. The van der Waals surface area contributed by atoms with E-state index in [2.05, 4.69) is 4.98 Å². The maximum Gasteiger partial charge on any atom is 0.351 e. The molecule has 0 amide bonds. The van der Waals surface area contributed by atoms with E-state index in [1.165, 1.54) is 18.4 Å². The summed E-state index contributed by atoms with van der Waals surface area (Å²) in [6.45, 7) is 2.31. The van der Waals surface area contributed by atoms with Gasteiger partial charge in [0, 0.05) is 22.8 Å². The molecule has 0 aliphatic rings. The molecule has 2 aromatic rings. The number of rotatable bonds is 4. The van der Waals surface area contributed by atoms with Gasteiger partial charge in [-0.1, -0.05) is 6.07 Å². The molecule has 4 nitrogen and oxygen atoms in total. The van der Waals surface area contributed by atoms with E-state index in [1.54, 1.807) is 12.4 Å². The van der Waals surface area contributed by atoms with Crippen molar-refractivity contribution < 1.29 is 14.3 Å². The van der Waals surface area contributed by atoms with Crippen molar-refractivity contribution in [2.75, 3.05) is 7.11 Å². The van der Waals surface area contributed by atoms with Crippen LogP contribution in [0.1, 0.15) is 20.1 Å². The Morgan fingerprint density at radius 1 is 1.50 bits per heavy atom. The van der Waals surface area contributed by atoms with Crippen molar-refractivity contribution in [3.05, 3.63) is 45.9 Å². The van der Waals surface area contributed by atoms with Gasteiger partial charge in [-0.05, 0) is 19.1 Å². The summed E-state index contributed by atoms with van der Waals surface area (Å²) in [5.74, 6) is 0.197. The minimum absolute atomic E-state index is 0.366. The molecule has 18 heavy (non-hydrogen) atoms. The van der Waals surface area contributed by atoms with Crippen molar-refractivity contribution in [2.24, 2.45) is 0 Å². The molecule has 0 atom stereocenters. The van der Waals surface area contributed by atoms with Crippen molar-refractivity contribution in [3.8, 4) is 5.75 Å². The Kier molecular flexibility index (Phi) is 3.94. The lowest BCUT2D eigenvalue weighted by molar-refractivity contribution is 0.0601. The number of carbonyl (C=O) groups is 1. The lowest BCUT2D eigenvalue weighted by Gasteiger charge is -2.05. The van der Waals surface area contributed by atoms with Crippen molar-refractivity contribution >= 4 is 17.3 Å². The normalized spacial score (nSPS) is 10.1. The lowest BCUT2D eigenvalue weighted by atomic mass is 10.3. The van der Waals surface area contributed by atoms with Crippen molar-refractivity contribution in [2.45, 2.75) is 13.5 Å². The third-order valence-corrected chi connectivity index (χ3v) is 3.32. The first-order valence-electron chi connectivity index (χ1n) is 5.41. The fourth-order valence-corrected chi connectivity index (χ4v) is 2.35. The van der Waals surface area contributed by atoms with Crippen LogP contribution in [-0.2, 0) is 11.3 Å². The summed E-state index contributed by atoms with van der Waals surface area (Å²) >= 11 is 1.37. The fourth-order valence-electron chi connectivity index (χ4n) is 1.48. The average molecular weight is 263 g/mol. The topological polar surface area (TPSA) is 48.4 Å². The quantitative estimate of drug-likeness (QED) is 0.796. The Hall–Kier alpha value is -1.88. The Balaban J connectivity index is 2.12. The van der Waals surface area contributed by atoms with Gasteiger partial charge >= 0.3 is 5.97 Å². The summed E-state index contributed by atoms with van der Waals surface area (Å²) in [5.41, 5.74) is 0.956. The number of carbonyl (C=O) groups excluding carboxylic acids is 1. The van der Waals surface area contributed by atoms with E-state index in [-0.39, 0.29) is 5.97 Å². The second kappa shape index (κ2) is 5.64. The number of aryl methyl sites for hydroxylation is 1. The Morgan fingerprint density at radius 3 is 3.00 bits per heavy atom. The maximum atomic E-state index is 11.6. The first-order valence-corrected chi connectivity index (χ1v) is 6.23. The van der Waals surface area contributed by atoms with Gasteiger partial charge in [-0.2, -0.15) is 0 Å². The molecule has 0 bridgehead atoms. The summed E-state index contributed by atoms with van der Waals surface area (Å²) in [6.07, 6.45) is 3.44. The van der Waals surface area contributed by atoms with Crippen LogP contribution in [0.3, 0.4) is 0 Å². The van der Waals surface area contributed by atoms with E-state index < -0.39 is 0 Å². The van der Waals surface area contributed by atoms with Gasteiger partial charge in [0.1, 0.15) is 12.4 Å². The highest BCUT2D eigenvalue weighted by atomic mass is 32.1. The van der Waals surface area contributed by atoms with Gasteiger partial charge in [-0.15, -0.1) is 11.3 Å². The van der Waals surface area contributed by atoms with E-state index in [1.807, 2.05) is 25.1 Å². The summed E-state index contributed by atoms with van der Waals surface area (Å²) in [4.78, 5) is 17.1. The molecule has 94 valence electrons. The second-order valence-corrected chi connectivity index (χ2v) is 4.95. The number of aromatic nitrogens is 1. The molecule has 0 fully saturated rings. The number of nitrogens with zero attached hydrogens (tertiary/aromatic N) is 1. The molecule has 0 saturated heterocycles. The number of esters is 1. The number of pyridine rings is 1. The van der Waals surface area contributed by atoms with E-state index in [4.69, 9.17) is 9.47 Å². The highest BCUT2D eigenvalue weighted by Crippen LogP contribution is 2.30. The third-order valence-electron chi connectivity index (χ3n) is 2.31. The van der Waals surface area contributed by atoms with Crippen LogP contribution in [0, 0.1) is 6.92 Å². The molecule has 0 saturated carbocycles. The molecule has 0 N–H and O–H groups in total. The van der Waals surface area contributed by atoms with Crippen LogP contribution in [0.5, 0.6) is 5.75 Å². The predicted octanol–water partition coefficient (Wildman–Crippen LogP) is 2.82. The van der Waals surface area contributed by atoms with Gasteiger partial charge < -0.3 is 9.47 Å². The Labute approximate surface area is 109 Å². The molecule has 2 heterocycles. The summed E-state index contributed by atoms with van der Waals surface area (Å²) in [5, 5.41) is 0. The largest absolute Gasteiger partial charge is 0.487 e. The van der Waals surface area contributed by atoms with Crippen LogP contribution in [0.4, 0.5) is 0 Å². The molecule has 0 spiro atoms. The summed E-state index contributed by atoms with van der Waals surface area (Å²) < 4.78 is 10.4. The molecule has 2 rings (SSSR count). The second-order valence-electron chi connectivity index (χ2n) is 3.69. The molecule has 0 radical (unpaired) electrons. The maximum absolute atomic E-state index is 11.6. The monoisotopic (exact) mass is 263 g/mol. The average Bonchev–Trinajstić information content (AvgIpc) is 2.78. The molecule has 0 aromatic carbocycles. The first kappa shape index (κ1) is 12.6. The fraction of sp³-hybridized carbons (Fsp3) is 0.231. The van der Waals surface area contributed by atoms with E-state index in [0.717, 1.165) is 10.4 Å². The Bertz CT molecular complexity index is 536. The SMILES string of the molecule is COC(=O)c1sc(C)cc1OCc1cccnc1. The minimum Gasteiger partial charge on any atom is -0.487 e. The smallest absolute Gasteiger partial charge is 0.351 e. The van der Waals surface area contributed by atoms with Gasteiger partial charge in [0.2, 0.25) is 0 Å². The van der Waals surface area contributed by atoms with Gasteiger partial charge in [-0.25, -0.2) is 4.79 Å². The zero-order valence-electron chi connectivity index (χ0n) is 10.2. The molecule has 0 unspecified atom stereocenters. The van der Waals surface area contributed by atoms with E-state index in [9.17, 15) is 4.79 Å². The van der Waals surface area contributed by atoms with E-state index in [0.29, 0.717) is 17.2 Å². The third kappa shape index (κ3) is 2.87. The van der Waals surface area contributed by atoms with Crippen molar-refractivity contribution in [3.63, 3.8) is 0 Å². The van der Waals surface area contributed by atoms with Crippen LogP contribution in [-0.4, -0.2) is 18.1 Å². The predicted molar refractivity (Wildman–Crippen MR) is 69.0 cm³/mol. The molecule has 0 aliphatic carbocycles. The highest BCUT2D eigenvalue weighted by Gasteiger charge is 2.16. The standard InChI is InChI=1S/C13H13NO3S/c1-9-6-11(12(18-9)13(15)16-2)17-8-10-4-3-5-14-7-10/h3-7H,8H2,1-2H3. The van der Waals surface area contributed by atoms with Gasteiger partial charge in [0.05, 0.1) is 7.11 Å². The van der Waals surface area contributed by atoms with Crippen LogP contribution in [0.25, 0.3) is 0 Å². The van der Waals surface area contributed by atoms with E-state index >= 15 is 0 Å². The number of thiophene rings is 1. The molecule has 5 heteroatoms. The first-order chi connectivity index (χ1) is 8.70. The highest BCUT2D eigenvalue weighted by molar-refractivity contribution is 7.14. The molecular weight excluding hydrogens is 250 g/mol. The van der Waals surface area contributed by atoms with Gasteiger partial charge in [0.25, 0.3) is 0 Å². The van der Waals surface area contributed by atoms with Crippen molar-refractivity contribution in [1.29, 1.82) is 0 Å². The zero-order chi connectivity index (χ0) is 13.0. The zero-order valence-corrected chi connectivity index (χ0v) is 11.0. The number of methoxy groups -OCH3 is 1. The molecular formula is C13H13NO3S. The number of hydrogen-bond acceptors (Lipinski definition) is 5. The van der Waals surface area contributed by atoms with Crippen LogP contribution in [0.2, 0.25) is 0 Å². The number of hydrogen-bond donors (Lipinski definition) is 0. The van der Waals surface area contributed by atoms with Gasteiger partial charge in [0.15, 0.2) is 4.88 Å². The number of ether oxygens (including phenoxy) is 2. The minimum atomic E-state index is -0.366. The van der Waals surface area contributed by atoms with Crippen LogP contribution in [0.15, 0.2) is 30.6 Å². The molecule has 2 aromatic heterocycles.